The third kappa shape index (κ3) is 3.59. The van der Waals surface area contributed by atoms with Gasteiger partial charge in [0.25, 0.3) is 5.91 Å². The van der Waals surface area contributed by atoms with Crippen molar-refractivity contribution in [2.24, 2.45) is 0 Å². The lowest BCUT2D eigenvalue weighted by molar-refractivity contribution is 0.0932. The first-order chi connectivity index (χ1) is 11.0. The lowest BCUT2D eigenvalue weighted by Gasteiger charge is -2.23. The Morgan fingerprint density at radius 2 is 2.26 bits per heavy atom. The van der Waals surface area contributed by atoms with Crippen molar-refractivity contribution in [1.29, 1.82) is 0 Å². The van der Waals surface area contributed by atoms with Crippen LogP contribution in [0.15, 0.2) is 22.9 Å². The van der Waals surface area contributed by atoms with Crippen LogP contribution < -0.4 is 5.32 Å². The number of fused-ring (bicyclic) bond motifs is 1. The van der Waals surface area contributed by atoms with Gasteiger partial charge in [0.1, 0.15) is 11.5 Å². The van der Waals surface area contributed by atoms with E-state index >= 15 is 0 Å². The first kappa shape index (κ1) is 15.7. The zero-order valence-electron chi connectivity index (χ0n) is 13.8. The van der Waals surface area contributed by atoms with Crippen LogP contribution in [0.25, 0.3) is 0 Å². The fraction of sp³-hybridized carbons (Fsp3) is 0.471. The summed E-state index contributed by atoms with van der Waals surface area (Å²) in [7, 11) is 4.01. The van der Waals surface area contributed by atoms with Gasteiger partial charge >= 0.3 is 0 Å². The molecule has 2 aromatic rings. The summed E-state index contributed by atoms with van der Waals surface area (Å²) in [6.45, 7) is 2.66. The van der Waals surface area contributed by atoms with Crippen molar-refractivity contribution >= 4 is 5.91 Å². The molecule has 1 aliphatic rings. The number of hydrogen-bond acceptors (Lipinski definition) is 5. The second-order valence-electron chi connectivity index (χ2n) is 6.37. The molecular weight excluding hydrogens is 292 g/mol. The highest BCUT2D eigenvalue weighted by Crippen LogP contribution is 2.25. The quantitative estimate of drug-likeness (QED) is 0.930. The average molecular weight is 314 g/mol. The lowest BCUT2D eigenvalue weighted by Crippen LogP contribution is -2.39. The van der Waals surface area contributed by atoms with Crippen LogP contribution in [0.4, 0.5) is 0 Å². The van der Waals surface area contributed by atoms with Crippen molar-refractivity contribution in [1.82, 2.24) is 20.4 Å². The largest absolute Gasteiger partial charge is 0.361 e. The smallest absolute Gasteiger partial charge is 0.253 e. The Balaban J connectivity index is 1.68. The maximum atomic E-state index is 12.3. The number of nitrogens with one attached hydrogen (secondary N) is 1. The molecule has 0 saturated heterocycles. The highest BCUT2D eigenvalue weighted by molar-refractivity contribution is 5.94. The zero-order chi connectivity index (χ0) is 16.4. The summed E-state index contributed by atoms with van der Waals surface area (Å²) >= 11 is 0. The molecule has 0 radical (unpaired) electrons. The molecule has 0 aromatic carbocycles. The molecular formula is C17H22N4O2. The van der Waals surface area contributed by atoms with Crippen LogP contribution in [-0.4, -0.2) is 41.1 Å². The molecule has 1 amide bonds. The zero-order valence-corrected chi connectivity index (χ0v) is 13.8. The third-order valence-electron chi connectivity index (χ3n) is 4.10. The van der Waals surface area contributed by atoms with E-state index in [0.717, 1.165) is 48.5 Å². The maximum Gasteiger partial charge on any atom is 0.253 e. The molecule has 1 aliphatic carbocycles. The van der Waals surface area contributed by atoms with Crippen molar-refractivity contribution in [3.8, 4) is 0 Å². The van der Waals surface area contributed by atoms with Gasteiger partial charge in [-0.15, -0.1) is 0 Å². The molecule has 2 heterocycles. The fourth-order valence-electron chi connectivity index (χ4n) is 2.88. The molecule has 0 saturated carbocycles. The molecule has 3 rings (SSSR count). The number of rotatable bonds is 4. The summed E-state index contributed by atoms with van der Waals surface area (Å²) in [5.41, 5.74) is 3.63. The molecule has 23 heavy (non-hydrogen) atoms. The first-order valence-electron chi connectivity index (χ1n) is 7.87. The van der Waals surface area contributed by atoms with Gasteiger partial charge in [0.15, 0.2) is 0 Å². The van der Waals surface area contributed by atoms with Gasteiger partial charge in [-0.3, -0.25) is 9.78 Å². The Morgan fingerprint density at radius 3 is 2.96 bits per heavy atom. The Hall–Kier alpha value is -2.21. The van der Waals surface area contributed by atoms with Gasteiger partial charge in [-0.1, -0.05) is 5.16 Å². The molecule has 2 aromatic heterocycles. The predicted octanol–water partition coefficient (Wildman–Crippen LogP) is 1.73. The van der Waals surface area contributed by atoms with E-state index < -0.39 is 0 Å². The van der Waals surface area contributed by atoms with Gasteiger partial charge in [0, 0.05) is 36.5 Å². The van der Waals surface area contributed by atoms with Gasteiger partial charge in [-0.05, 0) is 46.0 Å². The Bertz CT molecular complexity index is 691. The standard InChI is InChI=1S/C17H22N4O2/c1-11-4-5-12(9-18-11)17(22)19-13-6-7-16-14(8-13)15(20-23-16)10-21(2)3/h4-5,9,13H,6-8,10H2,1-3H3,(H,19,22). The average Bonchev–Trinajstić information content (AvgIpc) is 2.90. The van der Waals surface area contributed by atoms with Crippen LogP contribution in [0.5, 0.6) is 0 Å². The molecule has 1 N–H and O–H groups in total. The molecule has 0 spiro atoms. The monoisotopic (exact) mass is 314 g/mol. The summed E-state index contributed by atoms with van der Waals surface area (Å²) < 4.78 is 5.44. The summed E-state index contributed by atoms with van der Waals surface area (Å²) in [6.07, 6.45) is 4.07. The van der Waals surface area contributed by atoms with Crippen molar-refractivity contribution < 1.29 is 9.32 Å². The Kier molecular flexibility index (Phi) is 4.43. The van der Waals surface area contributed by atoms with Crippen LogP contribution in [0.3, 0.4) is 0 Å². The minimum absolute atomic E-state index is 0.0726. The van der Waals surface area contributed by atoms with Gasteiger partial charge in [0.2, 0.25) is 0 Å². The predicted molar refractivity (Wildman–Crippen MR) is 86.1 cm³/mol. The van der Waals surface area contributed by atoms with Crippen LogP contribution in [-0.2, 0) is 19.4 Å². The Morgan fingerprint density at radius 1 is 1.43 bits per heavy atom. The summed E-state index contributed by atoms with van der Waals surface area (Å²) in [5, 5.41) is 7.28. The summed E-state index contributed by atoms with van der Waals surface area (Å²) in [5.74, 6) is 0.890. The third-order valence-corrected chi connectivity index (χ3v) is 4.10. The van der Waals surface area contributed by atoms with E-state index in [1.54, 1.807) is 6.20 Å². The molecule has 122 valence electrons. The molecule has 1 atom stereocenters. The topological polar surface area (TPSA) is 71.3 Å². The lowest BCUT2D eigenvalue weighted by atomic mass is 9.91. The van der Waals surface area contributed by atoms with Crippen molar-refractivity contribution in [2.75, 3.05) is 14.1 Å². The van der Waals surface area contributed by atoms with Crippen molar-refractivity contribution in [3.05, 3.63) is 46.6 Å². The van der Waals surface area contributed by atoms with E-state index in [9.17, 15) is 4.79 Å². The summed E-state index contributed by atoms with van der Waals surface area (Å²) in [6, 6.07) is 3.77. The van der Waals surface area contributed by atoms with E-state index in [-0.39, 0.29) is 11.9 Å². The second kappa shape index (κ2) is 6.50. The maximum absolute atomic E-state index is 12.3. The molecule has 0 aliphatic heterocycles. The molecule has 0 fully saturated rings. The Labute approximate surface area is 135 Å². The molecule has 1 unspecified atom stereocenters. The van der Waals surface area contributed by atoms with Gasteiger partial charge in [0.05, 0.1) is 5.56 Å². The van der Waals surface area contributed by atoms with E-state index in [4.69, 9.17) is 4.52 Å². The van der Waals surface area contributed by atoms with E-state index in [1.165, 1.54) is 0 Å². The van der Waals surface area contributed by atoms with E-state index in [1.807, 2.05) is 33.2 Å². The number of nitrogens with zero attached hydrogens (tertiary/aromatic N) is 3. The SMILES string of the molecule is Cc1ccc(C(=O)NC2CCc3onc(CN(C)C)c3C2)cn1. The number of aromatic nitrogens is 2. The highest BCUT2D eigenvalue weighted by atomic mass is 16.5. The number of pyridine rings is 1. The van der Waals surface area contributed by atoms with Gasteiger partial charge in [-0.25, -0.2) is 0 Å². The normalized spacial score (nSPS) is 17.1. The minimum atomic E-state index is -0.0726. The van der Waals surface area contributed by atoms with Gasteiger partial charge in [-0.2, -0.15) is 0 Å². The van der Waals surface area contributed by atoms with Crippen LogP contribution in [0, 0.1) is 6.92 Å². The van der Waals surface area contributed by atoms with Crippen molar-refractivity contribution in [2.45, 2.75) is 38.8 Å². The number of aryl methyl sites for hydroxylation is 2. The molecule has 6 nitrogen and oxygen atoms in total. The second-order valence-corrected chi connectivity index (χ2v) is 6.37. The molecule has 0 bridgehead atoms. The van der Waals surface area contributed by atoms with E-state index in [0.29, 0.717) is 5.56 Å². The van der Waals surface area contributed by atoms with Crippen molar-refractivity contribution in [3.63, 3.8) is 0 Å². The van der Waals surface area contributed by atoms with E-state index in [2.05, 4.69) is 20.4 Å². The number of amides is 1. The number of hydrogen-bond donors (Lipinski definition) is 1. The van der Waals surface area contributed by atoms with Gasteiger partial charge < -0.3 is 14.7 Å². The van der Waals surface area contributed by atoms with Crippen LogP contribution in [0.1, 0.15) is 39.5 Å². The van der Waals surface area contributed by atoms with Crippen LogP contribution >= 0.6 is 0 Å². The fourth-order valence-corrected chi connectivity index (χ4v) is 2.88. The highest BCUT2D eigenvalue weighted by Gasteiger charge is 2.27. The minimum Gasteiger partial charge on any atom is -0.361 e. The first-order valence-corrected chi connectivity index (χ1v) is 7.87. The number of carbonyl (C=O) groups is 1. The van der Waals surface area contributed by atoms with Crippen LogP contribution in [0.2, 0.25) is 0 Å². The number of carbonyl (C=O) groups excluding carboxylic acids is 1. The molecule has 6 heteroatoms. The summed E-state index contributed by atoms with van der Waals surface area (Å²) in [4.78, 5) is 18.6.